The zero-order valence-corrected chi connectivity index (χ0v) is 8.39. The summed E-state index contributed by atoms with van der Waals surface area (Å²) in [5, 5.41) is 1.88. The van der Waals surface area contributed by atoms with Crippen LogP contribution < -0.4 is 0 Å². The first kappa shape index (κ1) is 8.52. The number of aryl methyl sites for hydroxylation is 2. The molecule has 1 heterocycles. The molecular weight excluding hydrogens is 182 g/mol. The van der Waals surface area contributed by atoms with Crippen molar-refractivity contribution < 1.29 is 0 Å². The summed E-state index contributed by atoms with van der Waals surface area (Å²) >= 11 is 5.87. The normalized spacial score (nSPS) is 10.7. The SMILES string of the molecule is Cc1cc2ccc(Cl)cc2nc1C. The van der Waals surface area contributed by atoms with Crippen LogP contribution in [-0.2, 0) is 0 Å². The Hall–Kier alpha value is -1.08. The predicted molar refractivity (Wildman–Crippen MR) is 56.2 cm³/mol. The highest BCUT2D eigenvalue weighted by Gasteiger charge is 1.99. The number of hydrogen-bond donors (Lipinski definition) is 0. The third-order valence-corrected chi connectivity index (χ3v) is 2.46. The number of fused-ring (bicyclic) bond motifs is 1. The van der Waals surface area contributed by atoms with E-state index >= 15 is 0 Å². The van der Waals surface area contributed by atoms with E-state index in [1.165, 1.54) is 5.56 Å². The van der Waals surface area contributed by atoms with Gasteiger partial charge in [-0.25, -0.2) is 0 Å². The van der Waals surface area contributed by atoms with E-state index < -0.39 is 0 Å². The molecule has 0 aliphatic carbocycles. The highest BCUT2D eigenvalue weighted by Crippen LogP contribution is 2.19. The van der Waals surface area contributed by atoms with E-state index in [4.69, 9.17) is 11.6 Å². The average molecular weight is 192 g/mol. The van der Waals surface area contributed by atoms with Crippen LogP contribution in [0.4, 0.5) is 0 Å². The Morgan fingerprint density at radius 3 is 2.69 bits per heavy atom. The average Bonchev–Trinajstić information content (AvgIpc) is 2.08. The largest absolute Gasteiger partial charge is 0.253 e. The van der Waals surface area contributed by atoms with E-state index in [0.717, 1.165) is 21.6 Å². The predicted octanol–water partition coefficient (Wildman–Crippen LogP) is 3.51. The first-order valence-electron chi connectivity index (χ1n) is 4.20. The van der Waals surface area contributed by atoms with Gasteiger partial charge in [0, 0.05) is 16.1 Å². The molecule has 1 aromatic heterocycles. The Balaban J connectivity index is 2.81. The van der Waals surface area contributed by atoms with Crippen LogP contribution in [0.3, 0.4) is 0 Å². The summed E-state index contributed by atoms with van der Waals surface area (Å²) in [7, 11) is 0. The zero-order valence-electron chi connectivity index (χ0n) is 7.63. The van der Waals surface area contributed by atoms with Gasteiger partial charge in [0.25, 0.3) is 0 Å². The molecule has 2 heteroatoms. The van der Waals surface area contributed by atoms with Gasteiger partial charge in [-0.05, 0) is 37.6 Å². The van der Waals surface area contributed by atoms with E-state index in [1.807, 2.05) is 25.1 Å². The first-order chi connectivity index (χ1) is 6.16. The lowest BCUT2D eigenvalue weighted by Crippen LogP contribution is -1.87. The quantitative estimate of drug-likeness (QED) is 0.621. The molecule has 66 valence electrons. The minimum Gasteiger partial charge on any atom is -0.253 e. The molecule has 1 aromatic carbocycles. The van der Waals surface area contributed by atoms with Gasteiger partial charge in [-0.2, -0.15) is 0 Å². The molecule has 0 aliphatic rings. The zero-order chi connectivity index (χ0) is 9.42. The van der Waals surface area contributed by atoms with Crippen molar-refractivity contribution in [2.45, 2.75) is 13.8 Å². The maximum absolute atomic E-state index is 5.87. The van der Waals surface area contributed by atoms with Crippen LogP contribution in [0, 0.1) is 13.8 Å². The molecule has 0 radical (unpaired) electrons. The van der Waals surface area contributed by atoms with Crippen molar-refractivity contribution in [1.29, 1.82) is 0 Å². The number of hydrogen-bond acceptors (Lipinski definition) is 1. The van der Waals surface area contributed by atoms with Gasteiger partial charge in [-0.1, -0.05) is 17.7 Å². The lowest BCUT2D eigenvalue weighted by atomic mass is 10.1. The Morgan fingerprint density at radius 2 is 1.92 bits per heavy atom. The van der Waals surface area contributed by atoms with Crippen LogP contribution >= 0.6 is 11.6 Å². The third kappa shape index (κ3) is 1.52. The summed E-state index contributed by atoms with van der Waals surface area (Å²) in [6.45, 7) is 4.08. The summed E-state index contributed by atoms with van der Waals surface area (Å²) in [4.78, 5) is 4.45. The Kier molecular flexibility index (Phi) is 1.97. The molecule has 1 nitrogen and oxygen atoms in total. The van der Waals surface area contributed by atoms with Gasteiger partial charge >= 0.3 is 0 Å². The summed E-state index contributed by atoms with van der Waals surface area (Å²) in [6, 6.07) is 7.91. The molecule has 0 aliphatic heterocycles. The molecule has 2 aromatic rings. The summed E-state index contributed by atoms with van der Waals surface area (Å²) in [5.74, 6) is 0. The van der Waals surface area contributed by atoms with Crippen LogP contribution in [0.25, 0.3) is 10.9 Å². The molecule has 0 amide bonds. The second-order valence-corrected chi connectivity index (χ2v) is 3.66. The molecular formula is C11H10ClN. The van der Waals surface area contributed by atoms with E-state index in [1.54, 1.807) is 0 Å². The summed E-state index contributed by atoms with van der Waals surface area (Å²) in [5.41, 5.74) is 3.25. The molecule has 0 spiro atoms. The molecule has 0 N–H and O–H groups in total. The standard InChI is InChI=1S/C11H10ClN/c1-7-5-9-3-4-10(12)6-11(9)13-8(7)2/h3-6H,1-2H3. The molecule has 0 unspecified atom stereocenters. The Labute approximate surface area is 82.4 Å². The van der Waals surface area contributed by atoms with Crippen molar-refractivity contribution in [2.75, 3.05) is 0 Å². The minimum absolute atomic E-state index is 0.739. The van der Waals surface area contributed by atoms with Crippen LogP contribution in [0.5, 0.6) is 0 Å². The Bertz CT molecular complexity index is 463. The van der Waals surface area contributed by atoms with Crippen LogP contribution in [0.2, 0.25) is 5.02 Å². The maximum Gasteiger partial charge on any atom is 0.0720 e. The lowest BCUT2D eigenvalue weighted by molar-refractivity contribution is 1.20. The summed E-state index contributed by atoms with van der Waals surface area (Å²) < 4.78 is 0. The van der Waals surface area contributed by atoms with Crippen molar-refractivity contribution in [1.82, 2.24) is 4.98 Å². The molecule has 0 saturated heterocycles. The van der Waals surface area contributed by atoms with Crippen LogP contribution in [0.15, 0.2) is 24.3 Å². The van der Waals surface area contributed by atoms with Crippen molar-refractivity contribution >= 4 is 22.5 Å². The fourth-order valence-electron chi connectivity index (χ4n) is 1.34. The monoisotopic (exact) mass is 191 g/mol. The number of benzene rings is 1. The van der Waals surface area contributed by atoms with Gasteiger partial charge in [-0.3, -0.25) is 4.98 Å². The molecule has 2 rings (SSSR count). The topological polar surface area (TPSA) is 12.9 Å². The minimum atomic E-state index is 0.739. The molecule has 0 atom stereocenters. The molecule has 0 bridgehead atoms. The highest BCUT2D eigenvalue weighted by atomic mass is 35.5. The smallest absolute Gasteiger partial charge is 0.0720 e. The third-order valence-electron chi connectivity index (χ3n) is 2.22. The molecule has 0 saturated carbocycles. The van der Waals surface area contributed by atoms with E-state index in [9.17, 15) is 0 Å². The number of halogens is 1. The fraction of sp³-hybridized carbons (Fsp3) is 0.182. The number of nitrogens with zero attached hydrogens (tertiary/aromatic N) is 1. The van der Waals surface area contributed by atoms with Gasteiger partial charge in [0.1, 0.15) is 0 Å². The molecule has 13 heavy (non-hydrogen) atoms. The second kappa shape index (κ2) is 3.00. The van der Waals surface area contributed by atoms with Crippen LogP contribution in [-0.4, -0.2) is 4.98 Å². The van der Waals surface area contributed by atoms with Gasteiger partial charge < -0.3 is 0 Å². The van der Waals surface area contributed by atoms with E-state index in [2.05, 4.69) is 18.0 Å². The van der Waals surface area contributed by atoms with Crippen molar-refractivity contribution in [3.8, 4) is 0 Å². The maximum atomic E-state index is 5.87. The first-order valence-corrected chi connectivity index (χ1v) is 4.58. The van der Waals surface area contributed by atoms with E-state index in [-0.39, 0.29) is 0 Å². The fourth-order valence-corrected chi connectivity index (χ4v) is 1.51. The van der Waals surface area contributed by atoms with Crippen molar-refractivity contribution in [2.24, 2.45) is 0 Å². The van der Waals surface area contributed by atoms with Crippen molar-refractivity contribution in [3.63, 3.8) is 0 Å². The van der Waals surface area contributed by atoms with Crippen molar-refractivity contribution in [3.05, 3.63) is 40.5 Å². The van der Waals surface area contributed by atoms with Crippen LogP contribution in [0.1, 0.15) is 11.3 Å². The van der Waals surface area contributed by atoms with Gasteiger partial charge in [-0.15, -0.1) is 0 Å². The Morgan fingerprint density at radius 1 is 1.15 bits per heavy atom. The number of aromatic nitrogens is 1. The number of rotatable bonds is 0. The van der Waals surface area contributed by atoms with Gasteiger partial charge in [0.15, 0.2) is 0 Å². The van der Waals surface area contributed by atoms with Gasteiger partial charge in [0.05, 0.1) is 5.52 Å². The summed E-state index contributed by atoms with van der Waals surface area (Å²) in [6.07, 6.45) is 0. The second-order valence-electron chi connectivity index (χ2n) is 3.23. The van der Waals surface area contributed by atoms with E-state index in [0.29, 0.717) is 0 Å². The lowest BCUT2D eigenvalue weighted by Gasteiger charge is -2.02. The molecule has 0 fully saturated rings. The highest BCUT2D eigenvalue weighted by molar-refractivity contribution is 6.31. The number of pyridine rings is 1. The van der Waals surface area contributed by atoms with Gasteiger partial charge in [0.2, 0.25) is 0 Å².